The van der Waals surface area contributed by atoms with E-state index >= 15 is 0 Å². The molecule has 0 bridgehead atoms. The maximum Gasteiger partial charge on any atom is 0.119 e. The zero-order valence-corrected chi connectivity index (χ0v) is 14.1. The second kappa shape index (κ2) is 8.00. The van der Waals surface area contributed by atoms with Gasteiger partial charge in [0.05, 0.1) is 7.11 Å². The van der Waals surface area contributed by atoms with Crippen molar-refractivity contribution in [2.75, 3.05) is 13.7 Å². The molecular weight excluding hydrogens is 270 g/mol. The van der Waals surface area contributed by atoms with Gasteiger partial charge in [-0.15, -0.1) is 0 Å². The Morgan fingerprint density at radius 1 is 0.955 bits per heavy atom. The summed E-state index contributed by atoms with van der Waals surface area (Å²) in [5.41, 5.74) is 4.05. The molecule has 0 aliphatic heterocycles. The quantitative estimate of drug-likeness (QED) is 0.799. The molecule has 2 aromatic carbocycles. The Morgan fingerprint density at radius 3 is 2.32 bits per heavy atom. The van der Waals surface area contributed by atoms with Crippen LogP contribution in [0.4, 0.5) is 0 Å². The zero-order chi connectivity index (χ0) is 15.9. The lowest BCUT2D eigenvalue weighted by atomic mass is 10.0. The summed E-state index contributed by atoms with van der Waals surface area (Å²) >= 11 is 0. The van der Waals surface area contributed by atoms with Crippen LogP contribution in [0.15, 0.2) is 48.5 Å². The van der Waals surface area contributed by atoms with E-state index in [2.05, 4.69) is 62.5 Å². The predicted octanol–water partition coefficient (Wildman–Crippen LogP) is 4.71. The zero-order valence-electron chi connectivity index (χ0n) is 14.1. The fourth-order valence-corrected chi connectivity index (χ4v) is 2.53. The van der Waals surface area contributed by atoms with Crippen molar-refractivity contribution in [1.29, 1.82) is 0 Å². The third kappa shape index (κ3) is 4.60. The lowest BCUT2D eigenvalue weighted by molar-refractivity contribution is 0.413. The Bertz CT molecular complexity index is 575. The normalized spacial score (nSPS) is 12.4. The molecule has 2 aromatic rings. The van der Waals surface area contributed by atoms with E-state index in [1.807, 2.05) is 12.1 Å². The van der Waals surface area contributed by atoms with Gasteiger partial charge in [0, 0.05) is 6.04 Å². The van der Waals surface area contributed by atoms with Gasteiger partial charge >= 0.3 is 0 Å². The molecule has 0 saturated carbocycles. The van der Waals surface area contributed by atoms with Crippen LogP contribution >= 0.6 is 0 Å². The lowest BCUT2D eigenvalue weighted by Gasteiger charge is -2.15. The molecule has 1 N–H and O–H groups in total. The number of rotatable bonds is 7. The fraction of sp³-hybridized carbons (Fsp3) is 0.400. The molecule has 0 unspecified atom stereocenters. The SMILES string of the molecule is COc1cccc([C@H](C)NCCc2ccc(C(C)C)cc2)c1. The van der Waals surface area contributed by atoms with E-state index in [1.165, 1.54) is 16.7 Å². The summed E-state index contributed by atoms with van der Waals surface area (Å²) in [4.78, 5) is 0. The van der Waals surface area contributed by atoms with Crippen molar-refractivity contribution in [3.63, 3.8) is 0 Å². The minimum absolute atomic E-state index is 0.324. The molecule has 0 aliphatic rings. The fourth-order valence-electron chi connectivity index (χ4n) is 2.53. The Hall–Kier alpha value is -1.80. The summed E-state index contributed by atoms with van der Waals surface area (Å²) in [5, 5.41) is 3.58. The number of benzene rings is 2. The highest BCUT2D eigenvalue weighted by Gasteiger charge is 2.06. The van der Waals surface area contributed by atoms with Gasteiger partial charge in [-0.3, -0.25) is 0 Å². The number of ether oxygens (including phenoxy) is 1. The monoisotopic (exact) mass is 297 g/mol. The van der Waals surface area contributed by atoms with Crippen molar-refractivity contribution in [2.24, 2.45) is 0 Å². The van der Waals surface area contributed by atoms with Crippen LogP contribution in [0.25, 0.3) is 0 Å². The molecule has 22 heavy (non-hydrogen) atoms. The van der Waals surface area contributed by atoms with Gasteiger partial charge in [-0.25, -0.2) is 0 Å². The van der Waals surface area contributed by atoms with Crippen LogP contribution in [0.3, 0.4) is 0 Å². The van der Waals surface area contributed by atoms with Crippen LogP contribution < -0.4 is 10.1 Å². The Kier molecular flexibility index (Phi) is 6.02. The molecule has 2 rings (SSSR count). The van der Waals surface area contributed by atoms with Gasteiger partial charge in [0.25, 0.3) is 0 Å². The van der Waals surface area contributed by atoms with Gasteiger partial charge in [-0.1, -0.05) is 50.2 Å². The molecule has 0 spiro atoms. The van der Waals surface area contributed by atoms with Crippen LogP contribution in [0.1, 0.15) is 49.4 Å². The molecule has 0 aliphatic carbocycles. The van der Waals surface area contributed by atoms with E-state index in [-0.39, 0.29) is 0 Å². The molecule has 1 atom stereocenters. The summed E-state index contributed by atoms with van der Waals surface area (Å²) in [6, 6.07) is 17.5. The third-order valence-electron chi connectivity index (χ3n) is 4.10. The van der Waals surface area contributed by atoms with Crippen molar-refractivity contribution in [3.05, 3.63) is 65.2 Å². The van der Waals surface area contributed by atoms with Gasteiger partial charge in [0.2, 0.25) is 0 Å². The van der Waals surface area contributed by atoms with Gasteiger partial charge in [-0.2, -0.15) is 0 Å². The van der Waals surface area contributed by atoms with Gasteiger partial charge in [0.1, 0.15) is 5.75 Å². The average Bonchev–Trinajstić information content (AvgIpc) is 2.55. The highest BCUT2D eigenvalue weighted by atomic mass is 16.5. The smallest absolute Gasteiger partial charge is 0.119 e. The largest absolute Gasteiger partial charge is 0.497 e. The molecule has 0 radical (unpaired) electrons. The van der Waals surface area contributed by atoms with E-state index < -0.39 is 0 Å². The minimum atomic E-state index is 0.324. The summed E-state index contributed by atoms with van der Waals surface area (Å²) in [6.45, 7) is 7.62. The van der Waals surface area contributed by atoms with Crippen molar-refractivity contribution < 1.29 is 4.74 Å². The first-order valence-electron chi connectivity index (χ1n) is 8.06. The molecule has 0 saturated heterocycles. The third-order valence-corrected chi connectivity index (χ3v) is 4.10. The predicted molar refractivity (Wildman–Crippen MR) is 93.6 cm³/mol. The number of hydrogen-bond donors (Lipinski definition) is 1. The first-order chi connectivity index (χ1) is 10.6. The molecule has 0 heterocycles. The van der Waals surface area contributed by atoms with E-state index in [0.29, 0.717) is 12.0 Å². The van der Waals surface area contributed by atoms with Crippen LogP contribution in [0, 0.1) is 0 Å². The second-order valence-electron chi connectivity index (χ2n) is 6.10. The van der Waals surface area contributed by atoms with Crippen molar-refractivity contribution in [3.8, 4) is 5.75 Å². The summed E-state index contributed by atoms with van der Waals surface area (Å²) in [5.74, 6) is 1.51. The van der Waals surface area contributed by atoms with Crippen LogP contribution in [0.2, 0.25) is 0 Å². The van der Waals surface area contributed by atoms with Gasteiger partial charge < -0.3 is 10.1 Å². The maximum absolute atomic E-state index is 5.28. The molecule has 118 valence electrons. The highest BCUT2D eigenvalue weighted by molar-refractivity contribution is 5.30. The first kappa shape index (κ1) is 16.6. The summed E-state index contributed by atoms with van der Waals surface area (Å²) in [6.07, 6.45) is 1.05. The van der Waals surface area contributed by atoms with E-state index in [1.54, 1.807) is 7.11 Å². The van der Waals surface area contributed by atoms with E-state index in [9.17, 15) is 0 Å². The molecule has 2 nitrogen and oxygen atoms in total. The highest BCUT2D eigenvalue weighted by Crippen LogP contribution is 2.19. The maximum atomic E-state index is 5.28. The molecule has 0 fully saturated rings. The summed E-state index contributed by atoms with van der Waals surface area (Å²) < 4.78 is 5.28. The molecule has 0 aromatic heterocycles. The van der Waals surface area contributed by atoms with Crippen molar-refractivity contribution >= 4 is 0 Å². The van der Waals surface area contributed by atoms with Crippen LogP contribution in [0.5, 0.6) is 5.75 Å². The molecule has 2 heteroatoms. The molecular formula is C20H27NO. The van der Waals surface area contributed by atoms with E-state index in [4.69, 9.17) is 4.74 Å². The standard InChI is InChI=1S/C20H27NO/c1-15(2)18-10-8-17(9-11-18)12-13-21-16(3)19-6-5-7-20(14-19)22-4/h5-11,14-16,21H,12-13H2,1-4H3/t16-/m0/s1. The lowest BCUT2D eigenvalue weighted by Crippen LogP contribution is -2.21. The molecule has 0 amide bonds. The van der Waals surface area contributed by atoms with Crippen LogP contribution in [-0.2, 0) is 6.42 Å². The summed E-state index contributed by atoms with van der Waals surface area (Å²) in [7, 11) is 1.71. The van der Waals surface area contributed by atoms with Crippen molar-refractivity contribution in [2.45, 2.75) is 39.2 Å². The second-order valence-corrected chi connectivity index (χ2v) is 6.10. The average molecular weight is 297 g/mol. The topological polar surface area (TPSA) is 21.3 Å². The first-order valence-corrected chi connectivity index (χ1v) is 8.06. The van der Waals surface area contributed by atoms with E-state index in [0.717, 1.165) is 18.7 Å². The number of nitrogens with one attached hydrogen (secondary N) is 1. The van der Waals surface area contributed by atoms with Gasteiger partial charge in [-0.05, 0) is 54.6 Å². The Morgan fingerprint density at radius 2 is 1.68 bits per heavy atom. The van der Waals surface area contributed by atoms with Gasteiger partial charge in [0.15, 0.2) is 0 Å². The van der Waals surface area contributed by atoms with Crippen molar-refractivity contribution in [1.82, 2.24) is 5.32 Å². The number of methoxy groups -OCH3 is 1. The Labute approximate surface area is 134 Å². The Balaban J connectivity index is 1.84. The minimum Gasteiger partial charge on any atom is -0.497 e. The number of hydrogen-bond acceptors (Lipinski definition) is 2. The van der Waals surface area contributed by atoms with Crippen LogP contribution in [-0.4, -0.2) is 13.7 Å².